The van der Waals surface area contributed by atoms with Gasteiger partial charge in [-0.3, -0.25) is 0 Å². The fourth-order valence-electron chi connectivity index (χ4n) is 2.02. The van der Waals surface area contributed by atoms with Gasteiger partial charge in [0, 0.05) is 11.8 Å². The van der Waals surface area contributed by atoms with E-state index < -0.39 is 6.10 Å². The first-order chi connectivity index (χ1) is 8.65. The van der Waals surface area contributed by atoms with Crippen LogP contribution < -0.4 is 4.74 Å². The van der Waals surface area contributed by atoms with E-state index in [0.29, 0.717) is 11.4 Å². The molecule has 1 heterocycles. The van der Waals surface area contributed by atoms with E-state index in [1.165, 1.54) is 0 Å². The third-order valence-corrected chi connectivity index (χ3v) is 3.23. The fourth-order valence-corrected chi connectivity index (χ4v) is 2.02. The standard InChI is InChI=1S/C15H17NO2/c1-10-6-4-7-12(11(10)2)14(17)13-8-5-9-16-15(13)18-3/h4-9,14,17H,1-3H3. The van der Waals surface area contributed by atoms with Gasteiger partial charge in [0.05, 0.1) is 7.11 Å². The third kappa shape index (κ3) is 2.22. The van der Waals surface area contributed by atoms with Crippen molar-refractivity contribution in [2.24, 2.45) is 0 Å². The molecule has 94 valence electrons. The van der Waals surface area contributed by atoms with Gasteiger partial charge in [0.2, 0.25) is 5.88 Å². The maximum Gasteiger partial charge on any atom is 0.219 e. The number of aliphatic hydroxyl groups is 1. The molecule has 18 heavy (non-hydrogen) atoms. The number of nitrogens with zero attached hydrogens (tertiary/aromatic N) is 1. The topological polar surface area (TPSA) is 42.4 Å². The van der Waals surface area contributed by atoms with Crippen LogP contribution in [0.25, 0.3) is 0 Å². The molecule has 0 fully saturated rings. The molecule has 0 saturated heterocycles. The molecule has 1 unspecified atom stereocenters. The summed E-state index contributed by atoms with van der Waals surface area (Å²) in [5.41, 5.74) is 3.83. The normalized spacial score (nSPS) is 12.2. The number of aromatic nitrogens is 1. The highest BCUT2D eigenvalue weighted by molar-refractivity contribution is 5.41. The van der Waals surface area contributed by atoms with Crippen LogP contribution in [0.15, 0.2) is 36.5 Å². The Morgan fingerprint density at radius 3 is 2.56 bits per heavy atom. The van der Waals surface area contributed by atoms with E-state index in [1.807, 2.05) is 38.1 Å². The lowest BCUT2D eigenvalue weighted by atomic mass is 9.95. The number of methoxy groups -OCH3 is 1. The molecule has 2 aromatic rings. The van der Waals surface area contributed by atoms with Crippen LogP contribution in [0.2, 0.25) is 0 Å². The predicted octanol–water partition coefficient (Wildman–Crippen LogP) is 2.79. The van der Waals surface area contributed by atoms with E-state index in [2.05, 4.69) is 4.98 Å². The van der Waals surface area contributed by atoms with Crippen molar-refractivity contribution >= 4 is 0 Å². The highest BCUT2D eigenvalue weighted by Crippen LogP contribution is 2.30. The van der Waals surface area contributed by atoms with Crippen LogP contribution in [0, 0.1) is 13.8 Å². The zero-order valence-electron chi connectivity index (χ0n) is 10.8. The Labute approximate surface area is 107 Å². The molecule has 2 rings (SSSR count). The molecule has 1 atom stereocenters. The van der Waals surface area contributed by atoms with Gasteiger partial charge in [-0.05, 0) is 42.7 Å². The first-order valence-electron chi connectivity index (χ1n) is 5.88. The van der Waals surface area contributed by atoms with Crippen LogP contribution in [0.5, 0.6) is 5.88 Å². The average Bonchev–Trinajstić information content (AvgIpc) is 2.41. The van der Waals surface area contributed by atoms with E-state index >= 15 is 0 Å². The number of pyridine rings is 1. The highest BCUT2D eigenvalue weighted by Gasteiger charge is 2.18. The molecule has 0 aliphatic carbocycles. The second-order valence-electron chi connectivity index (χ2n) is 4.29. The van der Waals surface area contributed by atoms with E-state index in [0.717, 1.165) is 16.7 Å². The molecule has 0 spiro atoms. The number of benzene rings is 1. The van der Waals surface area contributed by atoms with Crippen molar-refractivity contribution in [3.05, 3.63) is 58.8 Å². The van der Waals surface area contributed by atoms with Crippen molar-refractivity contribution in [1.29, 1.82) is 0 Å². The third-order valence-electron chi connectivity index (χ3n) is 3.23. The van der Waals surface area contributed by atoms with E-state index in [1.54, 1.807) is 19.4 Å². The second kappa shape index (κ2) is 5.19. The van der Waals surface area contributed by atoms with E-state index in [9.17, 15) is 5.11 Å². The summed E-state index contributed by atoms with van der Waals surface area (Å²) in [6.45, 7) is 4.04. The lowest BCUT2D eigenvalue weighted by Gasteiger charge is -2.17. The monoisotopic (exact) mass is 243 g/mol. The summed E-state index contributed by atoms with van der Waals surface area (Å²) in [6, 6.07) is 9.54. The van der Waals surface area contributed by atoms with Crippen LogP contribution in [-0.2, 0) is 0 Å². The quantitative estimate of drug-likeness (QED) is 0.901. The molecular weight excluding hydrogens is 226 g/mol. The van der Waals surface area contributed by atoms with E-state index in [4.69, 9.17) is 4.74 Å². The smallest absolute Gasteiger partial charge is 0.219 e. The number of aliphatic hydroxyl groups excluding tert-OH is 1. The largest absolute Gasteiger partial charge is 0.481 e. The molecule has 0 aliphatic heterocycles. The van der Waals surface area contributed by atoms with Crippen molar-refractivity contribution in [1.82, 2.24) is 4.98 Å². The molecule has 3 heteroatoms. The Morgan fingerprint density at radius 2 is 1.83 bits per heavy atom. The molecule has 0 amide bonds. The van der Waals surface area contributed by atoms with Crippen LogP contribution in [0.1, 0.15) is 28.4 Å². The molecule has 3 nitrogen and oxygen atoms in total. The van der Waals surface area contributed by atoms with Crippen molar-refractivity contribution in [2.75, 3.05) is 7.11 Å². The second-order valence-corrected chi connectivity index (χ2v) is 4.29. The first kappa shape index (κ1) is 12.6. The summed E-state index contributed by atoms with van der Waals surface area (Å²) in [5.74, 6) is 0.464. The van der Waals surface area contributed by atoms with Crippen molar-refractivity contribution in [3.8, 4) is 5.88 Å². The van der Waals surface area contributed by atoms with Gasteiger partial charge in [0.15, 0.2) is 0 Å². The molecule has 0 bridgehead atoms. The minimum atomic E-state index is -0.714. The van der Waals surface area contributed by atoms with Gasteiger partial charge in [-0.15, -0.1) is 0 Å². The fraction of sp³-hybridized carbons (Fsp3) is 0.267. The lowest BCUT2D eigenvalue weighted by molar-refractivity contribution is 0.212. The number of ether oxygens (including phenoxy) is 1. The Kier molecular flexibility index (Phi) is 3.63. The Morgan fingerprint density at radius 1 is 1.11 bits per heavy atom. The molecule has 1 aromatic carbocycles. The maximum absolute atomic E-state index is 10.5. The Hall–Kier alpha value is -1.87. The first-order valence-corrected chi connectivity index (χ1v) is 5.88. The van der Waals surface area contributed by atoms with Gasteiger partial charge >= 0.3 is 0 Å². The summed E-state index contributed by atoms with van der Waals surface area (Å²) in [7, 11) is 1.56. The van der Waals surface area contributed by atoms with Gasteiger partial charge < -0.3 is 9.84 Å². The Balaban J connectivity index is 2.48. The summed E-state index contributed by atoms with van der Waals surface area (Å²) in [5, 5.41) is 10.5. The predicted molar refractivity (Wildman–Crippen MR) is 70.8 cm³/mol. The summed E-state index contributed by atoms with van der Waals surface area (Å²) >= 11 is 0. The van der Waals surface area contributed by atoms with Crippen LogP contribution in [0.3, 0.4) is 0 Å². The molecule has 1 N–H and O–H groups in total. The van der Waals surface area contributed by atoms with Gasteiger partial charge in [0.25, 0.3) is 0 Å². The van der Waals surface area contributed by atoms with Crippen molar-refractivity contribution in [2.45, 2.75) is 20.0 Å². The van der Waals surface area contributed by atoms with E-state index in [-0.39, 0.29) is 0 Å². The summed E-state index contributed by atoms with van der Waals surface area (Å²) in [4.78, 5) is 4.11. The maximum atomic E-state index is 10.5. The van der Waals surface area contributed by atoms with Crippen LogP contribution in [-0.4, -0.2) is 17.2 Å². The zero-order chi connectivity index (χ0) is 13.1. The molecular formula is C15H17NO2. The minimum Gasteiger partial charge on any atom is -0.481 e. The van der Waals surface area contributed by atoms with Gasteiger partial charge in [0.1, 0.15) is 6.10 Å². The minimum absolute atomic E-state index is 0.464. The number of hydrogen-bond acceptors (Lipinski definition) is 3. The molecule has 0 radical (unpaired) electrons. The summed E-state index contributed by atoms with van der Waals surface area (Å²) in [6.07, 6.45) is 0.937. The van der Waals surface area contributed by atoms with Gasteiger partial charge in [-0.2, -0.15) is 0 Å². The molecule has 1 aromatic heterocycles. The SMILES string of the molecule is COc1ncccc1C(O)c1cccc(C)c1C. The van der Waals surface area contributed by atoms with Crippen molar-refractivity contribution in [3.63, 3.8) is 0 Å². The van der Waals surface area contributed by atoms with Crippen molar-refractivity contribution < 1.29 is 9.84 Å². The zero-order valence-corrected chi connectivity index (χ0v) is 10.8. The Bertz CT molecular complexity index is 552. The van der Waals surface area contributed by atoms with Gasteiger partial charge in [-0.25, -0.2) is 4.98 Å². The number of aryl methyl sites for hydroxylation is 1. The number of hydrogen-bond donors (Lipinski definition) is 1. The summed E-state index contributed by atoms with van der Waals surface area (Å²) < 4.78 is 5.19. The number of rotatable bonds is 3. The molecule has 0 saturated carbocycles. The molecule has 0 aliphatic rings. The van der Waals surface area contributed by atoms with Crippen LogP contribution in [0.4, 0.5) is 0 Å². The average molecular weight is 243 g/mol. The van der Waals surface area contributed by atoms with Gasteiger partial charge in [-0.1, -0.05) is 18.2 Å². The highest BCUT2D eigenvalue weighted by atomic mass is 16.5. The lowest BCUT2D eigenvalue weighted by Crippen LogP contribution is -2.06. The van der Waals surface area contributed by atoms with Crippen LogP contribution >= 0.6 is 0 Å².